The zero-order valence-electron chi connectivity index (χ0n) is 12.0. The van der Waals surface area contributed by atoms with Gasteiger partial charge in [0.25, 0.3) is 0 Å². The summed E-state index contributed by atoms with van der Waals surface area (Å²) in [5, 5.41) is 0. The van der Waals surface area contributed by atoms with Gasteiger partial charge in [-0.15, -0.1) is 0 Å². The highest BCUT2D eigenvalue weighted by atomic mass is 16.5. The largest absolute Gasteiger partial charge is 0.463 e. The first-order chi connectivity index (χ1) is 9.10. The van der Waals surface area contributed by atoms with Gasteiger partial charge in [-0.2, -0.15) is 15.0 Å². The van der Waals surface area contributed by atoms with Crippen molar-refractivity contribution < 1.29 is 4.74 Å². The number of hydrogen-bond donors (Lipinski definition) is 1. The first-order valence-electron chi connectivity index (χ1n) is 7.01. The molecule has 1 aliphatic heterocycles. The van der Waals surface area contributed by atoms with Crippen molar-refractivity contribution in [2.24, 2.45) is 5.92 Å². The predicted molar refractivity (Wildman–Crippen MR) is 75.2 cm³/mol. The maximum absolute atomic E-state index is 5.74. The predicted octanol–water partition coefficient (Wildman–Crippen LogP) is 1.87. The highest BCUT2D eigenvalue weighted by Gasteiger charge is 2.25. The monoisotopic (exact) mass is 265 g/mol. The fourth-order valence-electron chi connectivity index (χ4n) is 2.45. The Morgan fingerprint density at radius 1 is 1.32 bits per heavy atom. The van der Waals surface area contributed by atoms with Crippen molar-refractivity contribution in [3.05, 3.63) is 0 Å². The second kappa shape index (κ2) is 6.04. The van der Waals surface area contributed by atoms with E-state index in [1.54, 1.807) is 0 Å². The molecule has 1 aromatic heterocycles. The summed E-state index contributed by atoms with van der Waals surface area (Å²) in [7, 11) is 0. The molecule has 2 heterocycles. The van der Waals surface area contributed by atoms with Crippen LogP contribution in [0.2, 0.25) is 0 Å². The zero-order chi connectivity index (χ0) is 13.8. The van der Waals surface area contributed by atoms with E-state index in [4.69, 9.17) is 10.5 Å². The molecule has 0 saturated carbocycles. The lowest BCUT2D eigenvalue weighted by Crippen LogP contribution is -2.41. The number of anilines is 2. The number of rotatable bonds is 4. The molecule has 1 fully saturated rings. The summed E-state index contributed by atoms with van der Waals surface area (Å²) >= 11 is 0. The molecule has 0 radical (unpaired) electrons. The normalized spacial score (nSPS) is 23.4. The lowest BCUT2D eigenvalue weighted by Gasteiger charge is -2.36. The van der Waals surface area contributed by atoms with Gasteiger partial charge in [0.05, 0.1) is 6.61 Å². The van der Waals surface area contributed by atoms with E-state index in [1.165, 1.54) is 0 Å². The van der Waals surface area contributed by atoms with Crippen LogP contribution in [0.3, 0.4) is 0 Å². The van der Waals surface area contributed by atoms with Crippen molar-refractivity contribution in [1.29, 1.82) is 0 Å². The quantitative estimate of drug-likeness (QED) is 0.895. The Bertz CT molecular complexity index is 425. The van der Waals surface area contributed by atoms with Crippen molar-refractivity contribution in [3.8, 4) is 6.01 Å². The molecule has 0 aliphatic carbocycles. The molecular weight excluding hydrogens is 242 g/mol. The van der Waals surface area contributed by atoms with Crippen LogP contribution in [0.5, 0.6) is 6.01 Å². The number of nitrogens with two attached hydrogens (primary N) is 1. The Hall–Kier alpha value is -1.59. The maximum atomic E-state index is 5.74. The van der Waals surface area contributed by atoms with Crippen molar-refractivity contribution >= 4 is 11.9 Å². The first kappa shape index (κ1) is 13.8. The summed E-state index contributed by atoms with van der Waals surface area (Å²) in [6, 6.07) is 0.750. The van der Waals surface area contributed by atoms with Gasteiger partial charge in [0, 0.05) is 12.6 Å². The lowest BCUT2D eigenvalue weighted by molar-refractivity contribution is 0.290. The van der Waals surface area contributed by atoms with Gasteiger partial charge in [-0.25, -0.2) is 0 Å². The number of aromatic nitrogens is 3. The molecule has 106 valence electrons. The lowest BCUT2D eigenvalue weighted by atomic mass is 9.94. The molecule has 1 saturated heterocycles. The molecule has 0 spiro atoms. The van der Waals surface area contributed by atoms with Gasteiger partial charge < -0.3 is 15.4 Å². The van der Waals surface area contributed by atoms with Crippen molar-refractivity contribution in [3.63, 3.8) is 0 Å². The van der Waals surface area contributed by atoms with Crippen molar-refractivity contribution in [1.82, 2.24) is 15.0 Å². The van der Waals surface area contributed by atoms with E-state index in [0.29, 0.717) is 24.6 Å². The topological polar surface area (TPSA) is 77.2 Å². The molecule has 6 nitrogen and oxygen atoms in total. The molecule has 1 aliphatic rings. The Morgan fingerprint density at radius 2 is 2.11 bits per heavy atom. The minimum atomic E-state index is 0.224. The molecule has 2 atom stereocenters. The van der Waals surface area contributed by atoms with Crippen LogP contribution in [0, 0.1) is 5.92 Å². The van der Waals surface area contributed by atoms with Gasteiger partial charge in [-0.05, 0) is 32.1 Å². The van der Waals surface area contributed by atoms with Gasteiger partial charge >= 0.3 is 6.01 Å². The standard InChI is InChI=1S/C13H23N5O/c1-4-7-19-13-16-11(14)15-12(17-13)18-6-5-9(2)8-10(18)3/h9-10H,4-8H2,1-3H3,(H2,14,15,16,17). The molecule has 2 rings (SSSR count). The SMILES string of the molecule is CCCOc1nc(N)nc(N2CCC(C)CC2C)n1. The number of ether oxygens (including phenoxy) is 1. The van der Waals surface area contributed by atoms with Crippen LogP contribution >= 0.6 is 0 Å². The van der Waals surface area contributed by atoms with E-state index in [-0.39, 0.29) is 5.95 Å². The summed E-state index contributed by atoms with van der Waals surface area (Å²) in [6.07, 6.45) is 3.22. The van der Waals surface area contributed by atoms with Gasteiger partial charge in [0.15, 0.2) is 0 Å². The molecule has 1 aromatic rings. The second-order valence-corrected chi connectivity index (χ2v) is 5.30. The van der Waals surface area contributed by atoms with Crippen LogP contribution in [-0.4, -0.2) is 34.1 Å². The fraction of sp³-hybridized carbons (Fsp3) is 0.769. The van der Waals surface area contributed by atoms with Crippen LogP contribution in [-0.2, 0) is 0 Å². The minimum Gasteiger partial charge on any atom is -0.463 e. The van der Waals surface area contributed by atoms with Crippen LogP contribution in [0.15, 0.2) is 0 Å². The summed E-state index contributed by atoms with van der Waals surface area (Å²) in [5.41, 5.74) is 5.74. The number of hydrogen-bond acceptors (Lipinski definition) is 6. The summed E-state index contributed by atoms with van der Waals surface area (Å²) < 4.78 is 5.45. The third-order valence-electron chi connectivity index (χ3n) is 3.45. The summed E-state index contributed by atoms with van der Waals surface area (Å²) in [5.74, 6) is 1.61. The van der Waals surface area contributed by atoms with Gasteiger partial charge in [0.2, 0.25) is 11.9 Å². The minimum absolute atomic E-state index is 0.224. The van der Waals surface area contributed by atoms with Gasteiger partial charge in [0.1, 0.15) is 0 Å². The number of nitrogens with zero attached hydrogens (tertiary/aromatic N) is 4. The average Bonchev–Trinajstić information content (AvgIpc) is 2.35. The molecule has 0 bridgehead atoms. The van der Waals surface area contributed by atoms with Crippen molar-refractivity contribution in [2.75, 3.05) is 23.8 Å². The van der Waals surface area contributed by atoms with Crippen LogP contribution in [0.4, 0.5) is 11.9 Å². The van der Waals surface area contributed by atoms with Crippen LogP contribution in [0.1, 0.15) is 40.0 Å². The first-order valence-corrected chi connectivity index (χ1v) is 7.01. The molecule has 0 amide bonds. The molecule has 0 aromatic carbocycles. The number of nitrogen functional groups attached to an aromatic ring is 1. The smallest absolute Gasteiger partial charge is 0.323 e. The molecular formula is C13H23N5O. The van der Waals surface area contributed by atoms with Crippen LogP contribution in [0.25, 0.3) is 0 Å². The van der Waals surface area contributed by atoms with Crippen molar-refractivity contribution in [2.45, 2.75) is 46.1 Å². The second-order valence-electron chi connectivity index (χ2n) is 5.30. The Labute approximate surface area is 114 Å². The third-order valence-corrected chi connectivity index (χ3v) is 3.45. The van der Waals surface area contributed by atoms with E-state index >= 15 is 0 Å². The molecule has 19 heavy (non-hydrogen) atoms. The summed E-state index contributed by atoms with van der Waals surface area (Å²) in [6.45, 7) is 8.07. The van der Waals surface area contributed by atoms with Gasteiger partial charge in [-0.3, -0.25) is 0 Å². The third kappa shape index (κ3) is 3.45. The van der Waals surface area contributed by atoms with Crippen LogP contribution < -0.4 is 15.4 Å². The van der Waals surface area contributed by atoms with E-state index in [2.05, 4.69) is 33.7 Å². The number of piperidine rings is 1. The average molecular weight is 265 g/mol. The maximum Gasteiger partial charge on any atom is 0.323 e. The highest BCUT2D eigenvalue weighted by Crippen LogP contribution is 2.26. The van der Waals surface area contributed by atoms with E-state index in [9.17, 15) is 0 Å². The molecule has 2 N–H and O–H groups in total. The van der Waals surface area contributed by atoms with E-state index in [0.717, 1.165) is 31.7 Å². The Kier molecular flexibility index (Phi) is 4.39. The summed E-state index contributed by atoms with van der Waals surface area (Å²) in [4.78, 5) is 14.8. The highest BCUT2D eigenvalue weighted by molar-refractivity contribution is 5.37. The zero-order valence-corrected chi connectivity index (χ0v) is 12.0. The van der Waals surface area contributed by atoms with E-state index in [1.807, 2.05) is 6.92 Å². The fourth-order valence-corrected chi connectivity index (χ4v) is 2.45. The Morgan fingerprint density at radius 3 is 2.79 bits per heavy atom. The molecule has 2 unspecified atom stereocenters. The van der Waals surface area contributed by atoms with Gasteiger partial charge in [-0.1, -0.05) is 13.8 Å². The molecule has 6 heteroatoms. The Balaban J connectivity index is 2.16. The van der Waals surface area contributed by atoms with E-state index < -0.39 is 0 Å².